The van der Waals surface area contributed by atoms with Crippen molar-refractivity contribution >= 4 is 11.9 Å². The van der Waals surface area contributed by atoms with Gasteiger partial charge in [0.2, 0.25) is 0 Å². The molecule has 0 amide bonds. The summed E-state index contributed by atoms with van der Waals surface area (Å²) < 4.78 is 26.8. The predicted octanol–water partition coefficient (Wildman–Crippen LogP) is 2.21. The molecule has 0 fully saturated rings. The summed E-state index contributed by atoms with van der Waals surface area (Å²) in [5, 5.41) is 8.62. The molecule has 1 unspecified atom stereocenters. The number of nitrogens with two attached hydrogens (primary N) is 1. The summed E-state index contributed by atoms with van der Waals surface area (Å²) in [6, 6.07) is 15.4. The van der Waals surface area contributed by atoms with Gasteiger partial charge in [-0.15, -0.1) is 0 Å². The fourth-order valence-corrected chi connectivity index (χ4v) is 3.78. The van der Waals surface area contributed by atoms with Gasteiger partial charge < -0.3 is 34.5 Å². The van der Waals surface area contributed by atoms with Gasteiger partial charge in [0, 0.05) is 5.92 Å². The van der Waals surface area contributed by atoms with E-state index in [4.69, 9.17) is 34.5 Å². The zero-order chi connectivity index (χ0) is 24.9. The van der Waals surface area contributed by atoms with Crippen LogP contribution in [-0.4, -0.2) is 82.5 Å². The number of esters is 1. The normalized spacial score (nSPS) is 13.3. The highest BCUT2D eigenvalue weighted by Gasteiger charge is 2.28. The van der Waals surface area contributed by atoms with Crippen LogP contribution < -0.4 is 5.73 Å². The minimum Gasteiger partial charge on any atom is -0.480 e. The molecule has 1 aliphatic carbocycles. The molecule has 2 aromatic carbocycles. The van der Waals surface area contributed by atoms with Crippen LogP contribution in [0, 0.1) is 0 Å². The summed E-state index contributed by atoms with van der Waals surface area (Å²) in [4.78, 5) is 22.7. The number of aliphatic carboxylic acids is 1. The van der Waals surface area contributed by atoms with Crippen LogP contribution in [0.25, 0.3) is 11.1 Å². The molecule has 2 aromatic rings. The molecule has 3 N–H and O–H groups in total. The minimum atomic E-state index is -1.10. The van der Waals surface area contributed by atoms with E-state index in [0.29, 0.717) is 39.6 Å². The van der Waals surface area contributed by atoms with Gasteiger partial charge >= 0.3 is 11.9 Å². The smallest absolute Gasteiger partial charge is 0.322 e. The first-order valence-corrected chi connectivity index (χ1v) is 11.7. The van der Waals surface area contributed by atoms with Crippen molar-refractivity contribution in [3.8, 4) is 11.1 Å². The number of benzene rings is 2. The summed E-state index contributed by atoms with van der Waals surface area (Å²) in [6.45, 7) is 2.65. The van der Waals surface area contributed by atoms with Crippen LogP contribution in [0.3, 0.4) is 0 Å². The highest BCUT2D eigenvalue weighted by molar-refractivity contribution is 5.79. The Morgan fingerprint density at radius 1 is 0.771 bits per heavy atom. The Hall–Kier alpha value is -2.82. The van der Waals surface area contributed by atoms with E-state index in [2.05, 4.69) is 24.3 Å². The summed E-state index contributed by atoms with van der Waals surface area (Å²) >= 11 is 0. The molecule has 35 heavy (non-hydrogen) atoms. The van der Waals surface area contributed by atoms with Crippen LogP contribution in [0.5, 0.6) is 0 Å². The molecule has 0 bridgehead atoms. The van der Waals surface area contributed by atoms with Gasteiger partial charge in [-0.3, -0.25) is 9.59 Å². The van der Waals surface area contributed by atoms with Gasteiger partial charge in [0.05, 0.1) is 59.3 Å². The molecule has 1 atom stereocenters. The first kappa shape index (κ1) is 26.8. The molecule has 9 nitrogen and oxygen atoms in total. The van der Waals surface area contributed by atoms with Crippen LogP contribution in [0.1, 0.15) is 23.5 Å². The van der Waals surface area contributed by atoms with Gasteiger partial charge in [-0.2, -0.15) is 0 Å². The number of carbonyl (C=O) groups is 2. The van der Waals surface area contributed by atoms with E-state index in [1.165, 1.54) is 22.3 Å². The van der Waals surface area contributed by atoms with Crippen LogP contribution >= 0.6 is 0 Å². The molecule has 3 rings (SSSR count). The van der Waals surface area contributed by atoms with Crippen LogP contribution in [0.2, 0.25) is 0 Å². The second-order valence-corrected chi connectivity index (χ2v) is 8.02. The molecule has 0 spiro atoms. The van der Waals surface area contributed by atoms with E-state index in [1.54, 1.807) is 0 Å². The molecule has 0 saturated heterocycles. The Morgan fingerprint density at radius 3 is 1.80 bits per heavy atom. The lowest BCUT2D eigenvalue weighted by Crippen LogP contribution is -2.35. The van der Waals surface area contributed by atoms with E-state index in [-0.39, 0.29) is 38.1 Å². The predicted molar refractivity (Wildman–Crippen MR) is 128 cm³/mol. The summed E-state index contributed by atoms with van der Waals surface area (Å²) in [6.07, 6.45) is 0.185. The van der Waals surface area contributed by atoms with E-state index >= 15 is 0 Å². The van der Waals surface area contributed by atoms with Crippen molar-refractivity contribution in [2.45, 2.75) is 18.4 Å². The van der Waals surface area contributed by atoms with Crippen LogP contribution in [0.4, 0.5) is 0 Å². The number of ether oxygens (including phenoxy) is 5. The van der Waals surface area contributed by atoms with Crippen LogP contribution in [-0.2, 0) is 33.3 Å². The van der Waals surface area contributed by atoms with E-state index in [0.717, 1.165) is 0 Å². The number of hydrogen-bond donors (Lipinski definition) is 2. The maximum Gasteiger partial charge on any atom is 0.322 e. The second kappa shape index (κ2) is 14.6. The fraction of sp³-hybridized carbons (Fsp3) is 0.462. The third-order valence-corrected chi connectivity index (χ3v) is 5.55. The van der Waals surface area contributed by atoms with Crippen molar-refractivity contribution < 1.29 is 38.4 Å². The largest absolute Gasteiger partial charge is 0.480 e. The van der Waals surface area contributed by atoms with Crippen molar-refractivity contribution in [3.63, 3.8) is 0 Å². The van der Waals surface area contributed by atoms with Crippen molar-refractivity contribution in [2.24, 2.45) is 5.73 Å². The molecule has 0 radical (unpaired) electrons. The number of carboxylic acids is 1. The SMILES string of the molecule is NC(COCCOCCOCCOCCC(=O)OCC1c2ccccc2-c2ccccc21)C(=O)O. The molecule has 0 saturated carbocycles. The summed E-state index contributed by atoms with van der Waals surface area (Å²) in [5.74, 6) is -1.33. The topological polar surface area (TPSA) is 127 Å². The lowest BCUT2D eigenvalue weighted by Gasteiger charge is -2.14. The Labute approximate surface area is 205 Å². The summed E-state index contributed by atoms with van der Waals surface area (Å²) in [5.41, 5.74) is 10.1. The maximum atomic E-state index is 12.2. The first-order chi connectivity index (χ1) is 17.1. The number of rotatable bonds is 17. The Kier molecular flexibility index (Phi) is 11.1. The van der Waals surface area contributed by atoms with Gasteiger partial charge in [0.1, 0.15) is 12.6 Å². The van der Waals surface area contributed by atoms with Crippen molar-refractivity contribution in [3.05, 3.63) is 59.7 Å². The van der Waals surface area contributed by atoms with Crippen molar-refractivity contribution in [2.75, 3.05) is 59.5 Å². The minimum absolute atomic E-state index is 0.0526. The fourth-order valence-electron chi connectivity index (χ4n) is 3.78. The quantitative estimate of drug-likeness (QED) is 0.255. The number of carboxylic acid groups (broad SMARTS) is 1. The molecule has 0 aliphatic heterocycles. The Bertz CT molecular complexity index is 905. The van der Waals surface area contributed by atoms with E-state index in [1.807, 2.05) is 24.3 Å². The van der Waals surface area contributed by atoms with E-state index < -0.39 is 12.0 Å². The molecular formula is C26H33NO8. The summed E-state index contributed by atoms with van der Waals surface area (Å²) in [7, 11) is 0. The second-order valence-electron chi connectivity index (χ2n) is 8.02. The first-order valence-electron chi connectivity index (χ1n) is 11.7. The number of carbonyl (C=O) groups excluding carboxylic acids is 1. The molecule has 1 aliphatic rings. The monoisotopic (exact) mass is 487 g/mol. The Morgan fingerprint density at radius 2 is 1.26 bits per heavy atom. The average Bonchev–Trinajstić information content (AvgIpc) is 3.19. The van der Waals surface area contributed by atoms with Gasteiger partial charge in [0.25, 0.3) is 0 Å². The highest BCUT2D eigenvalue weighted by atomic mass is 16.6. The molecule has 190 valence electrons. The number of hydrogen-bond acceptors (Lipinski definition) is 8. The maximum absolute atomic E-state index is 12.2. The molecule has 0 aromatic heterocycles. The average molecular weight is 488 g/mol. The lowest BCUT2D eigenvalue weighted by atomic mass is 9.98. The third-order valence-electron chi connectivity index (χ3n) is 5.55. The Balaban J connectivity index is 1.18. The molecule has 9 heteroatoms. The van der Waals surface area contributed by atoms with Gasteiger partial charge in [0.15, 0.2) is 0 Å². The zero-order valence-corrected chi connectivity index (χ0v) is 19.7. The van der Waals surface area contributed by atoms with Gasteiger partial charge in [-0.25, -0.2) is 0 Å². The number of fused-ring (bicyclic) bond motifs is 3. The van der Waals surface area contributed by atoms with Crippen molar-refractivity contribution in [1.82, 2.24) is 0 Å². The van der Waals surface area contributed by atoms with Crippen LogP contribution in [0.15, 0.2) is 48.5 Å². The van der Waals surface area contributed by atoms with Gasteiger partial charge in [-0.1, -0.05) is 48.5 Å². The zero-order valence-electron chi connectivity index (χ0n) is 19.7. The lowest BCUT2D eigenvalue weighted by molar-refractivity contribution is -0.145. The molecular weight excluding hydrogens is 454 g/mol. The van der Waals surface area contributed by atoms with E-state index in [9.17, 15) is 9.59 Å². The molecule has 0 heterocycles. The third kappa shape index (κ3) is 8.41. The van der Waals surface area contributed by atoms with Gasteiger partial charge in [-0.05, 0) is 22.3 Å². The standard InChI is InChI=1S/C26H33NO8/c27-24(26(29)30)18-34-16-15-33-14-13-32-12-11-31-10-9-25(28)35-17-23-21-7-3-1-5-19(21)20-6-2-4-8-22(20)23/h1-8,23-24H,9-18,27H2,(H,29,30). The van der Waals surface area contributed by atoms with Crippen molar-refractivity contribution in [1.29, 1.82) is 0 Å². The highest BCUT2D eigenvalue weighted by Crippen LogP contribution is 2.44.